The molecule has 0 aromatic heterocycles. The highest BCUT2D eigenvalue weighted by atomic mass is 79.9. The Bertz CT molecular complexity index is 642. The van der Waals surface area contributed by atoms with Crippen LogP contribution in [0, 0.1) is 6.92 Å². The van der Waals surface area contributed by atoms with Crippen LogP contribution in [0.3, 0.4) is 0 Å². The van der Waals surface area contributed by atoms with E-state index in [1.807, 2.05) is 24.3 Å². The summed E-state index contributed by atoms with van der Waals surface area (Å²) in [4.78, 5) is 0. The fraction of sp³-hybridized carbons (Fsp3) is 0.250. The van der Waals surface area contributed by atoms with Gasteiger partial charge in [0.25, 0.3) is 0 Å². The second-order valence-electron chi connectivity index (χ2n) is 5.05. The Morgan fingerprint density at radius 1 is 1.30 bits per heavy atom. The van der Waals surface area contributed by atoms with Crippen LogP contribution >= 0.6 is 15.9 Å². The van der Waals surface area contributed by atoms with Crippen molar-refractivity contribution in [3.63, 3.8) is 0 Å². The lowest BCUT2D eigenvalue weighted by molar-refractivity contribution is 0.149. The Morgan fingerprint density at radius 3 is 2.95 bits per heavy atom. The topological polar surface area (TPSA) is 44.5 Å². The number of anilines is 1. The minimum Gasteiger partial charge on any atom is -0.488 e. The van der Waals surface area contributed by atoms with Crippen molar-refractivity contribution < 1.29 is 9.47 Å². The average molecular weight is 334 g/mol. The third-order valence-electron chi connectivity index (χ3n) is 3.35. The van der Waals surface area contributed by atoms with Crippen molar-refractivity contribution in [3.8, 4) is 11.5 Å². The van der Waals surface area contributed by atoms with E-state index in [0.29, 0.717) is 18.0 Å². The van der Waals surface area contributed by atoms with E-state index in [1.165, 1.54) is 11.1 Å². The van der Waals surface area contributed by atoms with Gasteiger partial charge in [-0.2, -0.15) is 0 Å². The summed E-state index contributed by atoms with van der Waals surface area (Å²) in [6, 6.07) is 11.9. The molecule has 104 valence electrons. The largest absolute Gasteiger partial charge is 0.488 e. The monoisotopic (exact) mass is 333 g/mol. The number of ether oxygens (including phenoxy) is 2. The smallest absolute Gasteiger partial charge is 0.142 e. The molecule has 0 saturated carbocycles. The van der Waals surface area contributed by atoms with Crippen molar-refractivity contribution in [2.24, 2.45) is 0 Å². The zero-order valence-electron chi connectivity index (χ0n) is 11.2. The molecule has 0 spiro atoms. The van der Waals surface area contributed by atoms with E-state index in [1.54, 1.807) is 0 Å². The van der Waals surface area contributed by atoms with Crippen LogP contribution in [0.5, 0.6) is 11.5 Å². The number of halogens is 1. The van der Waals surface area contributed by atoms with E-state index in [-0.39, 0.29) is 6.10 Å². The number of hydrogen-bond donors (Lipinski definition) is 1. The first-order chi connectivity index (χ1) is 9.61. The summed E-state index contributed by atoms with van der Waals surface area (Å²) >= 11 is 3.38. The number of fused-ring (bicyclic) bond motifs is 1. The van der Waals surface area contributed by atoms with E-state index >= 15 is 0 Å². The molecule has 1 aliphatic rings. The van der Waals surface area contributed by atoms with E-state index in [9.17, 15) is 0 Å². The zero-order valence-corrected chi connectivity index (χ0v) is 12.8. The third kappa shape index (κ3) is 2.75. The normalized spacial score (nSPS) is 16.6. The molecule has 0 saturated heterocycles. The summed E-state index contributed by atoms with van der Waals surface area (Å²) in [5.41, 5.74) is 9.05. The predicted molar refractivity (Wildman–Crippen MR) is 83.3 cm³/mol. The second kappa shape index (κ2) is 5.37. The maximum Gasteiger partial charge on any atom is 0.142 e. The van der Waals surface area contributed by atoms with Gasteiger partial charge in [-0.25, -0.2) is 0 Å². The van der Waals surface area contributed by atoms with Crippen LogP contribution in [0.2, 0.25) is 0 Å². The van der Waals surface area contributed by atoms with Crippen LogP contribution in [-0.4, -0.2) is 12.7 Å². The molecule has 20 heavy (non-hydrogen) atoms. The molecule has 0 bridgehead atoms. The molecule has 2 N–H and O–H groups in total. The Labute approximate surface area is 126 Å². The second-order valence-corrected chi connectivity index (χ2v) is 5.96. The quantitative estimate of drug-likeness (QED) is 0.870. The van der Waals surface area contributed by atoms with Gasteiger partial charge in [0, 0.05) is 10.9 Å². The molecule has 0 amide bonds. The van der Waals surface area contributed by atoms with E-state index < -0.39 is 0 Å². The Kier molecular flexibility index (Phi) is 3.57. The van der Waals surface area contributed by atoms with Crippen LogP contribution < -0.4 is 15.2 Å². The molecule has 4 heteroatoms. The number of aryl methyl sites for hydroxylation is 1. The van der Waals surface area contributed by atoms with Gasteiger partial charge in [-0.1, -0.05) is 33.6 Å². The van der Waals surface area contributed by atoms with Crippen molar-refractivity contribution in [2.75, 3.05) is 12.3 Å². The van der Waals surface area contributed by atoms with Crippen LogP contribution in [0.25, 0.3) is 0 Å². The number of nitrogens with two attached hydrogens (primary N) is 1. The maximum absolute atomic E-state index is 5.91. The number of hydrogen-bond acceptors (Lipinski definition) is 3. The van der Waals surface area contributed by atoms with Crippen molar-refractivity contribution in [3.05, 3.63) is 52.0 Å². The lowest BCUT2D eigenvalue weighted by Gasteiger charge is -2.13. The van der Waals surface area contributed by atoms with E-state index in [2.05, 4.69) is 35.0 Å². The summed E-state index contributed by atoms with van der Waals surface area (Å²) in [6.45, 7) is 2.59. The predicted octanol–water partition coefficient (Wildman–Crippen LogP) is 3.72. The molecule has 1 unspecified atom stereocenters. The summed E-state index contributed by atoms with van der Waals surface area (Å²) in [7, 11) is 0. The van der Waals surface area contributed by atoms with Crippen molar-refractivity contribution in [2.45, 2.75) is 19.4 Å². The molecular formula is C16H16BrNO2. The lowest BCUT2D eigenvalue weighted by Crippen LogP contribution is -2.22. The summed E-state index contributed by atoms with van der Waals surface area (Å²) in [5.74, 6) is 1.66. The van der Waals surface area contributed by atoms with Gasteiger partial charge < -0.3 is 15.2 Å². The minimum absolute atomic E-state index is 0.0508. The van der Waals surface area contributed by atoms with Crippen LogP contribution in [0.4, 0.5) is 5.69 Å². The lowest BCUT2D eigenvalue weighted by atomic mass is 10.1. The molecule has 3 rings (SSSR count). The van der Waals surface area contributed by atoms with Gasteiger partial charge in [-0.15, -0.1) is 0 Å². The fourth-order valence-electron chi connectivity index (χ4n) is 2.38. The first-order valence-electron chi connectivity index (χ1n) is 6.56. The molecule has 0 radical (unpaired) electrons. The molecule has 1 heterocycles. The van der Waals surface area contributed by atoms with Gasteiger partial charge in [-0.3, -0.25) is 0 Å². The van der Waals surface area contributed by atoms with Crippen molar-refractivity contribution >= 4 is 21.6 Å². The van der Waals surface area contributed by atoms with E-state index in [4.69, 9.17) is 15.2 Å². The Hall–Kier alpha value is -1.68. The number of nitrogen functional groups attached to an aromatic ring is 1. The molecule has 0 fully saturated rings. The molecule has 3 nitrogen and oxygen atoms in total. The SMILES string of the molecule is Cc1ccc2c(c1)CC(COc1ccc(Br)cc1N)O2. The number of rotatable bonds is 3. The highest BCUT2D eigenvalue weighted by Gasteiger charge is 2.23. The van der Waals surface area contributed by atoms with Gasteiger partial charge in [-0.05, 0) is 36.8 Å². The maximum atomic E-state index is 5.91. The Morgan fingerprint density at radius 2 is 2.15 bits per heavy atom. The van der Waals surface area contributed by atoms with E-state index in [0.717, 1.165) is 16.6 Å². The summed E-state index contributed by atoms with van der Waals surface area (Å²) in [5, 5.41) is 0. The molecule has 0 aliphatic carbocycles. The standard InChI is InChI=1S/C16H16BrNO2/c1-10-2-4-15-11(6-10)7-13(20-15)9-19-16-5-3-12(17)8-14(16)18/h2-6,8,13H,7,9,18H2,1H3. The summed E-state index contributed by atoms with van der Waals surface area (Å²) in [6.07, 6.45) is 0.933. The van der Waals surface area contributed by atoms with Gasteiger partial charge in [0.05, 0.1) is 5.69 Å². The molecular weight excluding hydrogens is 318 g/mol. The fourth-order valence-corrected chi connectivity index (χ4v) is 2.75. The van der Waals surface area contributed by atoms with Gasteiger partial charge >= 0.3 is 0 Å². The van der Waals surface area contributed by atoms with Crippen molar-refractivity contribution in [1.82, 2.24) is 0 Å². The van der Waals surface area contributed by atoms with Gasteiger partial charge in [0.2, 0.25) is 0 Å². The summed E-state index contributed by atoms with van der Waals surface area (Å²) < 4.78 is 12.6. The van der Waals surface area contributed by atoms with Crippen molar-refractivity contribution in [1.29, 1.82) is 0 Å². The van der Waals surface area contributed by atoms with Crippen LogP contribution in [0.15, 0.2) is 40.9 Å². The molecule has 2 aromatic rings. The van der Waals surface area contributed by atoms with Gasteiger partial charge in [0.1, 0.15) is 24.2 Å². The highest BCUT2D eigenvalue weighted by Crippen LogP contribution is 2.31. The highest BCUT2D eigenvalue weighted by molar-refractivity contribution is 9.10. The molecule has 1 aliphatic heterocycles. The van der Waals surface area contributed by atoms with Gasteiger partial charge in [0.15, 0.2) is 0 Å². The average Bonchev–Trinajstić information content (AvgIpc) is 2.79. The number of benzene rings is 2. The first kappa shape index (κ1) is 13.3. The first-order valence-corrected chi connectivity index (χ1v) is 7.35. The van der Waals surface area contributed by atoms with Crippen LogP contribution in [-0.2, 0) is 6.42 Å². The molecule has 1 atom stereocenters. The van der Waals surface area contributed by atoms with Crippen LogP contribution in [0.1, 0.15) is 11.1 Å². The molecule has 2 aromatic carbocycles. The zero-order chi connectivity index (χ0) is 14.1. The Balaban J connectivity index is 1.63. The minimum atomic E-state index is 0.0508. The third-order valence-corrected chi connectivity index (χ3v) is 3.85.